The van der Waals surface area contributed by atoms with Gasteiger partial charge in [0.1, 0.15) is 0 Å². The number of carbonyl (C=O) groups is 1. The van der Waals surface area contributed by atoms with Gasteiger partial charge in [-0.2, -0.15) is 0 Å². The van der Waals surface area contributed by atoms with E-state index in [-0.39, 0.29) is 17.3 Å². The summed E-state index contributed by atoms with van der Waals surface area (Å²) in [5, 5.41) is 0. The molecule has 2 heterocycles. The second kappa shape index (κ2) is 6.54. The molecule has 112 valence electrons. The summed E-state index contributed by atoms with van der Waals surface area (Å²) in [6, 6.07) is 1.03. The third kappa shape index (κ3) is 3.49. The van der Waals surface area contributed by atoms with Gasteiger partial charge in [0.15, 0.2) is 0 Å². The van der Waals surface area contributed by atoms with Crippen molar-refractivity contribution in [1.82, 2.24) is 9.88 Å². The van der Waals surface area contributed by atoms with Crippen molar-refractivity contribution in [3.8, 4) is 0 Å². The van der Waals surface area contributed by atoms with Crippen LogP contribution in [-0.2, 0) is 22.5 Å². The van der Waals surface area contributed by atoms with Gasteiger partial charge in [-0.15, -0.1) is 0 Å². The molecule has 1 fully saturated rings. The number of carbonyl (C=O) groups excluding carboxylic acids is 1. The molecule has 1 aliphatic heterocycles. The summed E-state index contributed by atoms with van der Waals surface area (Å²) in [5.41, 5.74) is 0.705. The molecule has 2 unspecified atom stereocenters. The highest BCUT2D eigenvalue weighted by Crippen LogP contribution is 2.26. The van der Waals surface area contributed by atoms with Crippen molar-refractivity contribution in [3.63, 3.8) is 0 Å². The number of likely N-dealkylation sites (tertiary alicyclic amines) is 1. The van der Waals surface area contributed by atoms with E-state index in [1.165, 1.54) is 37.7 Å². The Bertz CT molecular complexity index is 513. The van der Waals surface area contributed by atoms with Crippen molar-refractivity contribution in [3.05, 3.63) is 20.2 Å². The topological polar surface area (TPSA) is 62.4 Å². The smallest absolute Gasteiger partial charge is 0.311 e. The van der Waals surface area contributed by atoms with E-state index in [2.05, 4.69) is 28.5 Å². The van der Waals surface area contributed by atoms with E-state index in [1.54, 1.807) is 0 Å². The zero-order chi connectivity index (χ0) is 14.7. The van der Waals surface area contributed by atoms with Crippen LogP contribution in [0.2, 0.25) is 0 Å². The number of piperidine rings is 1. The first-order valence-electron chi connectivity index (χ1n) is 7.04. The molecule has 0 saturated carbocycles. The highest BCUT2D eigenvalue weighted by atomic mass is 32.1. The summed E-state index contributed by atoms with van der Waals surface area (Å²) < 4.78 is 4.68. The minimum Gasteiger partial charge on any atom is -0.469 e. The van der Waals surface area contributed by atoms with Crippen molar-refractivity contribution < 1.29 is 9.53 Å². The summed E-state index contributed by atoms with van der Waals surface area (Å²) in [5.74, 6) is -0.319. The number of rotatable bonds is 4. The molecule has 0 aromatic carbocycles. The van der Waals surface area contributed by atoms with E-state index >= 15 is 0 Å². The van der Waals surface area contributed by atoms with Crippen LogP contribution in [0.3, 0.4) is 0 Å². The molecule has 6 heteroatoms. The minimum absolute atomic E-state index is 0.101. The third-order valence-electron chi connectivity index (χ3n) is 4.06. The van der Waals surface area contributed by atoms with Gasteiger partial charge < -0.3 is 9.72 Å². The average Bonchev–Trinajstić information content (AvgIpc) is 2.74. The Morgan fingerprint density at radius 1 is 1.40 bits per heavy atom. The Morgan fingerprint density at radius 2 is 2.05 bits per heavy atom. The maximum absolute atomic E-state index is 11.6. The Labute approximate surface area is 122 Å². The van der Waals surface area contributed by atoms with Crippen molar-refractivity contribution >= 4 is 17.3 Å². The summed E-state index contributed by atoms with van der Waals surface area (Å²) in [7, 11) is 1.36. The van der Waals surface area contributed by atoms with Crippen molar-refractivity contribution in [2.24, 2.45) is 0 Å². The fraction of sp³-hybridized carbons (Fsp3) is 0.714. The zero-order valence-corrected chi connectivity index (χ0v) is 13.1. The SMILES string of the molecule is COC(=O)Cc1[nH]c(=O)sc1CN1C(C)CCCC1C. The lowest BCUT2D eigenvalue weighted by atomic mass is 9.97. The molecular formula is C14H22N2O3S. The molecule has 1 aromatic heterocycles. The van der Waals surface area contributed by atoms with E-state index < -0.39 is 0 Å². The van der Waals surface area contributed by atoms with E-state index in [0.717, 1.165) is 11.4 Å². The summed E-state index contributed by atoms with van der Waals surface area (Å²) >= 11 is 1.20. The van der Waals surface area contributed by atoms with E-state index in [9.17, 15) is 9.59 Å². The fourth-order valence-electron chi connectivity index (χ4n) is 2.83. The van der Waals surface area contributed by atoms with Crippen LogP contribution in [0, 0.1) is 0 Å². The third-order valence-corrected chi connectivity index (χ3v) is 4.97. The van der Waals surface area contributed by atoms with Gasteiger partial charge in [0.25, 0.3) is 0 Å². The van der Waals surface area contributed by atoms with Crippen LogP contribution in [0.1, 0.15) is 43.7 Å². The molecule has 1 aliphatic rings. The molecular weight excluding hydrogens is 276 g/mol. The second-order valence-corrected chi connectivity index (χ2v) is 6.54. The number of nitrogens with one attached hydrogen (secondary N) is 1. The summed E-state index contributed by atoms with van der Waals surface area (Å²) in [4.78, 5) is 29.0. The second-order valence-electron chi connectivity index (χ2n) is 5.47. The number of nitrogens with zero attached hydrogens (tertiary/aromatic N) is 1. The number of thiazole rings is 1. The lowest BCUT2D eigenvalue weighted by molar-refractivity contribution is -0.139. The minimum atomic E-state index is -0.319. The van der Waals surface area contributed by atoms with E-state index in [0.29, 0.717) is 17.8 Å². The molecule has 0 aliphatic carbocycles. The van der Waals surface area contributed by atoms with Crippen LogP contribution >= 0.6 is 11.3 Å². The summed E-state index contributed by atoms with van der Waals surface area (Å²) in [6.45, 7) is 5.19. The van der Waals surface area contributed by atoms with Crippen LogP contribution < -0.4 is 4.87 Å². The average molecular weight is 298 g/mol. The molecule has 1 aromatic rings. The molecule has 2 atom stereocenters. The van der Waals surface area contributed by atoms with Crippen molar-refractivity contribution in [2.75, 3.05) is 7.11 Å². The predicted octanol–water partition coefficient (Wildman–Crippen LogP) is 1.91. The van der Waals surface area contributed by atoms with Gasteiger partial charge in [0.05, 0.1) is 13.5 Å². The molecule has 1 saturated heterocycles. The van der Waals surface area contributed by atoms with Crippen LogP contribution in [0.4, 0.5) is 0 Å². The van der Waals surface area contributed by atoms with Crippen molar-refractivity contribution in [2.45, 2.75) is 58.2 Å². The molecule has 1 N–H and O–H groups in total. The maximum atomic E-state index is 11.6. The predicted molar refractivity (Wildman–Crippen MR) is 79.0 cm³/mol. The fourth-order valence-corrected chi connectivity index (χ4v) is 3.69. The first-order chi connectivity index (χ1) is 9.51. The maximum Gasteiger partial charge on any atom is 0.311 e. The summed E-state index contributed by atoms with van der Waals surface area (Å²) in [6.07, 6.45) is 3.78. The molecule has 0 amide bonds. The number of aromatic amines is 1. The van der Waals surface area contributed by atoms with Crippen LogP contribution in [-0.4, -0.2) is 35.0 Å². The molecule has 5 nitrogen and oxygen atoms in total. The number of H-pyrrole nitrogens is 1. The lowest BCUT2D eigenvalue weighted by Gasteiger charge is -2.38. The Balaban J connectivity index is 2.15. The molecule has 0 spiro atoms. The number of aromatic nitrogens is 1. The van der Waals surface area contributed by atoms with Gasteiger partial charge in [0, 0.05) is 29.2 Å². The first-order valence-corrected chi connectivity index (χ1v) is 7.86. The number of hydrogen-bond donors (Lipinski definition) is 1. The van der Waals surface area contributed by atoms with Gasteiger partial charge >= 0.3 is 10.8 Å². The largest absolute Gasteiger partial charge is 0.469 e. The van der Waals surface area contributed by atoms with E-state index in [1.807, 2.05) is 0 Å². The normalized spacial score (nSPS) is 23.8. The molecule has 20 heavy (non-hydrogen) atoms. The zero-order valence-electron chi connectivity index (χ0n) is 12.3. The van der Waals surface area contributed by atoms with Gasteiger partial charge in [-0.3, -0.25) is 14.5 Å². The first kappa shape index (κ1) is 15.3. The van der Waals surface area contributed by atoms with Gasteiger partial charge in [-0.05, 0) is 26.7 Å². The molecule has 0 radical (unpaired) electrons. The number of methoxy groups -OCH3 is 1. The number of hydrogen-bond acceptors (Lipinski definition) is 5. The standard InChI is InChI=1S/C14H22N2O3S/c1-9-5-4-6-10(2)16(9)8-12-11(7-13(17)19-3)15-14(18)20-12/h9-10H,4-8H2,1-3H3,(H,15,18). The quantitative estimate of drug-likeness (QED) is 0.863. The van der Waals surface area contributed by atoms with Crippen LogP contribution in [0.15, 0.2) is 4.79 Å². The number of esters is 1. The van der Waals surface area contributed by atoms with E-state index in [4.69, 9.17) is 0 Å². The van der Waals surface area contributed by atoms with Crippen molar-refractivity contribution in [1.29, 1.82) is 0 Å². The van der Waals surface area contributed by atoms with Gasteiger partial charge in [-0.1, -0.05) is 17.8 Å². The highest BCUT2D eigenvalue weighted by molar-refractivity contribution is 7.09. The molecule has 2 rings (SSSR count). The molecule has 0 bridgehead atoms. The Morgan fingerprint density at radius 3 is 2.65 bits per heavy atom. The van der Waals surface area contributed by atoms with Gasteiger partial charge in [-0.25, -0.2) is 0 Å². The number of ether oxygens (including phenoxy) is 1. The Hall–Kier alpha value is -1.14. The monoisotopic (exact) mass is 298 g/mol. The van der Waals surface area contributed by atoms with Crippen LogP contribution in [0.5, 0.6) is 0 Å². The van der Waals surface area contributed by atoms with Crippen LogP contribution in [0.25, 0.3) is 0 Å². The lowest BCUT2D eigenvalue weighted by Crippen LogP contribution is -2.43. The highest BCUT2D eigenvalue weighted by Gasteiger charge is 2.26. The van der Waals surface area contributed by atoms with Gasteiger partial charge in [0.2, 0.25) is 0 Å². The Kier molecular flexibility index (Phi) is 4.99.